The molecule has 30 heavy (non-hydrogen) atoms. The first kappa shape index (κ1) is 21.5. The largest absolute Gasteiger partial charge is 0.449 e. The molecule has 3 rings (SSSR count). The predicted molar refractivity (Wildman–Crippen MR) is 112 cm³/mol. The van der Waals surface area contributed by atoms with E-state index in [9.17, 15) is 14.0 Å². The molecule has 0 spiro atoms. The third-order valence-corrected chi connectivity index (χ3v) is 4.89. The van der Waals surface area contributed by atoms with Crippen LogP contribution in [0.1, 0.15) is 34.1 Å². The van der Waals surface area contributed by atoms with Gasteiger partial charge >= 0.3 is 5.97 Å². The van der Waals surface area contributed by atoms with Gasteiger partial charge in [-0.05, 0) is 38.5 Å². The average Bonchev–Trinajstić information content (AvgIpc) is 2.98. The number of rotatable bonds is 6. The van der Waals surface area contributed by atoms with Crippen molar-refractivity contribution in [3.63, 3.8) is 0 Å². The number of hydrogen-bond acceptors (Lipinski definition) is 4. The van der Waals surface area contributed by atoms with Crippen molar-refractivity contribution in [1.82, 2.24) is 9.78 Å². The number of aryl methyl sites for hydroxylation is 2. The van der Waals surface area contributed by atoms with Crippen LogP contribution in [0.5, 0.6) is 0 Å². The van der Waals surface area contributed by atoms with Crippen LogP contribution >= 0.6 is 11.6 Å². The summed E-state index contributed by atoms with van der Waals surface area (Å²) < 4.78 is 20.4. The first-order chi connectivity index (χ1) is 14.3. The van der Waals surface area contributed by atoms with Gasteiger partial charge in [-0.25, -0.2) is 13.9 Å². The van der Waals surface area contributed by atoms with E-state index in [-0.39, 0.29) is 16.4 Å². The van der Waals surface area contributed by atoms with Crippen molar-refractivity contribution in [3.8, 4) is 0 Å². The number of hydrogen-bond donors (Lipinski definition) is 1. The Bertz CT molecular complexity index is 1080. The number of halogens is 2. The summed E-state index contributed by atoms with van der Waals surface area (Å²) in [6.45, 7) is 5.41. The van der Waals surface area contributed by atoms with Crippen LogP contribution in [0.4, 0.5) is 10.1 Å². The van der Waals surface area contributed by atoms with E-state index < -0.39 is 23.8 Å². The Morgan fingerprint density at radius 2 is 1.83 bits per heavy atom. The lowest BCUT2D eigenvalue weighted by atomic mass is 10.1. The van der Waals surface area contributed by atoms with Crippen LogP contribution in [0, 0.1) is 19.7 Å². The fourth-order valence-electron chi connectivity index (χ4n) is 2.83. The Labute approximate surface area is 178 Å². The molecule has 0 aliphatic carbocycles. The highest BCUT2D eigenvalue weighted by molar-refractivity contribution is 6.32. The molecule has 0 radical (unpaired) electrons. The maximum absolute atomic E-state index is 13.7. The summed E-state index contributed by atoms with van der Waals surface area (Å²) >= 11 is 6.37. The van der Waals surface area contributed by atoms with Crippen LogP contribution in [-0.4, -0.2) is 27.8 Å². The predicted octanol–water partition coefficient (Wildman–Crippen LogP) is 4.52. The van der Waals surface area contributed by atoms with E-state index in [1.54, 1.807) is 13.0 Å². The van der Waals surface area contributed by atoms with Gasteiger partial charge in [0.15, 0.2) is 6.10 Å². The molecule has 0 bridgehead atoms. The second-order valence-electron chi connectivity index (χ2n) is 6.91. The summed E-state index contributed by atoms with van der Waals surface area (Å²) in [4.78, 5) is 24.9. The highest BCUT2D eigenvalue weighted by Gasteiger charge is 2.26. The monoisotopic (exact) mass is 429 g/mol. The topological polar surface area (TPSA) is 73.2 Å². The lowest BCUT2D eigenvalue weighted by Gasteiger charge is -2.14. The average molecular weight is 430 g/mol. The molecular formula is C22H21ClFN3O3. The lowest BCUT2D eigenvalue weighted by molar-refractivity contribution is -0.123. The van der Waals surface area contributed by atoms with Gasteiger partial charge in [-0.3, -0.25) is 4.79 Å². The zero-order valence-electron chi connectivity index (χ0n) is 16.8. The number of carbonyl (C=O) groups is 2. The van der Waals surface area contributed by atoms with Crippen molar-refractivity contribution in [2.24, 2.45) is 0 Å². The number of carbonyl (C=O) groups excluding carboxylic acids is 2. The lowest BCUT2D eigenvalue weighted by Crippen LogP contribution is -2.30. The molecule has 0 fully saturated rings. The third kappa shape index (κ3) is 4.86. The van der Waals surface area contributed by atoms with E-state index in [0.717, 1.165) is 11.1 Å². The van der Waals surface area contributed by atoms with Crippen LogP contribution in [0.3, 0.4) is 0 Å². The Kier molecular flexibility index (Phi) is 6.52. The first-order valence-corrected chi connectivity index (χ1v) is 9.69. The highest BCUT2D eigenvalue weighted by atomic mass is 35.5. The van der Waals surface area contributed by atoms with Crippen molar-refractivity contribution in [2.75, 3.05) is 5.32 Å². The number of anilines is 1. The van der Waals surface area contributed by atoms with Gasteiger partial charge in [0.1, 0.15) is 16.5 Å². The maximum atomic E-state index is 13.7. The van der Waals surface area contributed by atoms with E-state index in [0.29, 0.717) is 12.2 Å². The Balaban J connectivity index is 1.70. The van der Waals surface area contributed by atoms with Crippen LogP contribution in [0.15, 0.2) is 48.5 Å². The van der Waals surface area contributed by atoms with Gasteiger partial charge in [0.25, 0.3) is 5.91 Å². The molecule has 1 amide bonds. The first-order valence-electron chi connectivity index (χ1n) is 9.31. The maximum Gasteiger partial charge on any atom is 0.343 e. The van der Waals surface area contributed by atoms with Crippen LogP contribution in [0.2, 0.25) is 5.15 Å². The van der Waals surface area contributed by atoms with Gasteiger partial charge in [0.05, 0.1) is 17.9 Å². The van der Waals surface area contributed by atoms with E-state index in [2.05, 4.69) is 10.4 Å². The van der Waals surface area contributed by atoms with Crippen molar-refractivity contribution < 1.29 is 18.7 Å². The standard InChI is InChI=1S/C22H21ClFN3O3/c1-13-8-10-16(11-9-13)12-27-20(23)19(14(2)26-27)22(29)30-15(3)21(28)25-18-7-5-4-6-17(18)24/h4-11,15H,12H2,1-3H3,(H,25,28). The number of esters is 1. The fourth-order valence-corrected chi connectivity index (χ4v) is 3.14. The van der Waals surface area contributed by atoms with Gasteiger partial charge in [-0.2, -0.15) is 5.10 Å². The molecule has 8 heteroatoms. The molecular weight excluding hydrogens is 409 g/mol. The van der Waals surface area contributed by atoms with Crippen molar-refractivity contribution >= 4 is 29.2 Å². The van der Waals surface area contributed by atoms with Gasteiger partial charge in [0, 0.05) is 0 Å². The molecule has 2 aromatic carbocycles. The molecule has 1 N–H and O–H groups in total. The number of ether oxygens (including phenoxy) is 1. The van der Waals surface area contributed by atoms with Crippen molar-refractivity contribution in [2.45, 2.75) is 33.4 Å². The van der Waals surface area contributed by atoms with Gasteiger partial charge < -0.3 is 10.1 Å². The normalized spacial score (nSPS) is 11.8. The van der Waals surface area contributed by atoms with E-state index in [1.807, 2.05) is 31.2 Å². The van der Waals surface area contributed by atoms with E-state index in [4.69, 9.17) is 16.3 Å². The van der Waals surface area contributed by atoms with Crippen LogP contribution in [-0.2, 0) is 16.1 Å². The fraction of sp³-hybridized carbons (Fsp3) is 0.227. The molecule has 1 unspecified atom stereocenters. The molecule has 1 aromatic heterocycles. The number of para-hydroxylation sites is 1. The van der Waals surface area contributed by atoms with Crippen molar-refractivity contribution in [3.05, 3.63) is 81.9 Å². The summed E-state index contributed by atoms with van der Waals surface area (Å²) in [5, 5.41) is 6.83. The zero-order valence-corrected chi connectivity index (χ0v) is 17.5. The molecule has 1 atom stereocenters. The number of benzene rings is 2. The molecule has 1 heterocycles. The van der Waals surface area contributed by atoms with Gasteiger partial charge in [-0.1, -0.05) is 53.6 Å². The molecule has 0 saturated heterocycles. The number of amides is 1. The minimum atomic E-state index is -1.16. The SMILES string of the molecule is Cc1ccc(Cn2nc(C)c(C(=O)OC(C)C(=O)Nc3ccccc3F)c2Cl)cc1. The minimum absolute atomic E-state index is 0.00512. The Morgan fingerprint density at radius 1 is 1.17 bits per heavy atom. The van der Waals surface area contributed by atoms with Gasteiger partial charge in [-0.15, -0.1) is 0 Å². The molecule has 156 valence electrons. The minimum Gasteiger partial charge on any atom is -0.449 e. The van der Waals surface area contributed by atoms with Gasteiger partial charge in [0.2, 0.25) is 0 Å². The summed E-state index contributed by atoms with van der Waals surface area (Å²) in [6.07, 6.45) is -1.16. The summed E-state index contributed by atoms with van der Waals surface area (Å²) in [5.74, 6) is -2.02. The number of aromatic nitrogens is 2. The molecule has 0 saturated carbocycles. The molecule has 6 nitrogen and oxygen atoms in total. The van der Waals surface area contributed by atoms with Crippen LogP contribution in [0.25, 0.3) is 0 Å². The van der Waals surface area contributed by atoms with E-state index >= 15 is 0 Å². The second kappa shape index (κ2) is 9.09. The Morgan fingerprint density at radius 3 is 2.50 bits per heavy atom. The third-order valence-electron chi connectivity index (χ3n) is 4.51. The highest BCUT2D eigenvalue weighted by Crippen LogP contribution is 2.23. The summed E-state index contributed by atoms with van der Waals surface area (Å²) in [5.41, 5.74) is 2.59. The summed E-state index contributed by atoms with van der Waals surface area (Å²) in [6, 6.07) is 13.6. The second-order valence-corrected chi connectivity index (χ2v) is 7.27. The smallest absolute Gasteiger partial charge is 0.343 e. The van der Waals surface area contributed by atoms with E-state index in [1.165, 1.54) is 29.8 Å². The Hall–Kier alpha value is -3.19. The molecule has 3 aromatic rings. The zero-order chi connectivity index (χ0) is 21.8. The van der Waals surface area contributed by atoms with Crippen molar-refractivity contribution in [1.29, 1.82) is 0 Å². The number of nitrogens with zero attached hydrogens (tertiary/aromatic N) is 2. The molecule has 0 aliphatic heterocycles. The quantitative estimate of drug-likeness (QED) is 0.584. The molecule has 0 aliphatic rings. The summed E-state index contributed by atoms with van der Waals surface area (Å²) in [7, 11) is 0. The number of nitrogens with one attached hydrogen (secondary N) is 1. The van der Waals surface area contributed by atoms with Crippen LogP contribution < -0.4 is 5.32 Å².